The molecule has 3 aromatic rings. The number of aromatic nitrogens is 1. The van der Waals surface area contributed by atoms with Gasteiger partial charge in [-0.2, -0.15) is 15.1 Å². The van der Waals surface area contributed by atoms with Gasteiger partial charge in [0.15, 0.2) is 5.84 Å². The summed E-state index contributed by atoms with van der Waals surface area (Å²) >= 11 is 13.6. The van der Waals surface area contributed by atoms with Gasteiger partial charge in [0.05, 0.1) is 15.6 Å². The number of aryl methyl sites for hydroxylation is 1. The number of fused-ring (bicyclic) bond motifs is 1. The summed E-state index contributed by atoms with van der Waals surface area (Å²) in [6.45, 7) is 3.92. The lowest BCUT2D eigenvalue weighted by molar-refractivity contribution is -0.114. The van der Waals surface area contributed by atoms with Crippen LogP contribution < -0.4 is 0 Å². The molecule has 0 spiro atoms. The Morgan fingerprint density at radius 3 is 2.52 bits per heavy atom. The number of nitrogens with one attached hydrogen (secondary N) is 1. The van der Waals surface area contributed by atoms with Crippen LogP contribution in [-0.2, 0) is 4.79 Å². The quantitative estimate of drug-likeness (QED) is 0.450. The van der Waals surface area contributed by atoms with E-state index in [0.717, 1.165) is 28.2 Å². The van der Waals surface area contributed by atoms with Crippen LogP contribution in [0.1, 0.15) is 22.5 Å². The van der Waals surface area contributed by atoms with Gasteiger partial charge in [0, 0.05) is 22.6 Å². The number of aliphatic imine (C=N–C) groups is 1. The van der Waals surface area contributed by atoms with Gasteiger partial charge in [-0.1, -0.05) is 53.5 Å². The summed E-state index contributed by atoms with van der Waals surface area (Å²) in [6.07, 6.45) is 1.70. The first-order valence-electron chi connectivity index (χ1n) is 10.0. The average molecular weight is 494 g/mol. The first-order chi connectivity index (χ1) is 15.8. The van der Waals surface area contributed by atoms with Crippen molar-refractivity contribution in [1.29, 1.82) is 5.41 Å². The summed E-state index contributed by atoms with van der Waals surface area (Å²) in [4.78, 5) is 17.0. The molecule has 33 heavy (non-hydrogen) atoms. The maximum atomic E-state index is 12.8. The molecular weight excluding hydrogens is 477 g/mol. The summed E-state index contributed by atoms with van der Waals surface area (Å²) in [5.74, 6) is -0.453. The Balaban J connectivity index is 1.52. The van der Waals surface area contributed by atoms with Crippen molar-refractivity contribution in [3.8, 4) is 5.69 Å². The van der Waals surface area contributed by atoms with Gasteiger partial charge < -0.3 is 4.57 Å². The van der Waals surface area contributed by atoms with E-state index in [1.807, 2.05) is 60.9 Å². The van der Waals surface area contributed by atoms with Crippen LogP contribution in [0.15, 0.2) is 70.3 Å². The van der Waals surface area contributed by atoms with E-state index < -0.39 is 5.91 Å². The van der Waals surface area contributed by atoms with Crippen molar-refractivity contribution in [2.24, 2.45) is 10.1 Å². The van der Waals surface area contributed by atoms with Crippen molar-refractivity contribution in [3.63, 3.8) is 0 Å². The second kappa shape index (κ2) is 8.33. The van der Waals surface area contributed by atoms with E-state index in [9.17, 15) is 4.79 Å². The zero-order valence-corrected chi connectivity index (χ0v) is 20.0. The maximum Gasteiger partial charge on any atom is 0.283 e. The first-order valence-corrected chi connectivity index (χ1v) is 11.6. The number of carbonyl (C=O) groups is 1. The minimum atomic E-state index is -0.456. The predicted octanol–water partition coefficient (Wildman–Crippen LogP) is 6.07. The molecule has 3 heterocycles. The third-order valence-electron chi connectivity index (χ3n) is 5.41. The van der Waals surface area contributed by atoms with E-state index in [2.05, 4.69) is 10.1 Å². The maximum absolute atomic E-state index is 12.8. The van der Waals surface area contributed by atoms with Crippen molar-refractivity contribution in [2.75, 3.05) is 0 Å². The lowest BCUT2D eigenvalue weighted by atomic mass is 10.1. The minimum absolute atomic E-state index is 0.00257. The standard InChI is InChI=1S/C24H17Cl2N5OS/c1-13-10-16(14(2)30(13)17-8-9-19(25)20(26)12-17)11-18-21(27)31-24(28-22(18)32)33-23(29-31)15-6-4-3-5-7-15/h3-12,27H,1-2H3/b18-11+,27-21?. The van der Waals surface area contributed by atoms with Crippen LogP contribution in [-0.4, -0.2) is 31.5 Å². The first kappa shape index (κ1) is 21.7. The summed E-state index contributed by atoms with van der Waals surface area (Å²) in [6, 6.07) is 17.0. The molecule has 0 atom stereocenters. The molecule has 1 amide bonds. The van der Waals surface area contributed by atoms with E-state index in [1.54, 1.807) is 18.2 Å². The molecule has 2 aliphatic rings. The fraction of sp³-hybridized carbons (Fsp3) is 0.0833. The van der Waals surface area contributed by atoms with Crippen LogP contribution in [0.25, 0.3) is 11.8 Å². The number of hydrogen-bond acceptors (Lipinski definition) is 4. The highest BCUT2D eigenvalue weighted by molar-refractivity contribution is 8.27. The highest BCUT2D eigenvalue weighted by Gasteiger charge is 2.36. The summed E-state index contributed by atoms with van der Waals surface area (Å²) < 4.78 is 2.03. The number of benzene rings is 2. The van der Waals surface area contributed by atoms with Crippen molar-refractivity contribution in [2.45, 2.75) is 13.8 Å². The van der Waals surface area contributed by atoms with Gasteiger partial charge >= 0.3 is 0 Å². The number of carbonyl (C=O) groups excluding carboxylic acids is 1. The lowest BCUT2D eigenvalue weighted by Gasteiger charge is -2.20. The molecule has 0 radical (unpaired) electrons. The molecule has 1 aromatic heterocycles. The zero-order chi connectivity index (χ0) is 23.3. The van der Waals surface area contributed by atoms with Crippen LogP contribution in [0.3, 0.4) is 0 Å². The van der Waals surface area contributed by atoms with Crippen molar-refractivity contribution in [1.82, 2.24) is 9.58 Å². The van der Waals surface area contributed by atoms with Gasteiger partial charge in [-0.3, -0.25) is 10.2 Å². The normalized spacial score (nSPS) is 16.8. The second-order valence-electron chi connectivity index (χ2n) is 7.55. The zero-order valence-electron chi connectivity index (χ0n) is 17.6. The summed E-state index contributed by atoms with van der Waals surface area (Å²) in [5, 5.41) is 16.6. The number of halogens is 2. The van der Waals surface area contributed by atoms with Crippen molar-refractivity contribution < 1.29 is 4.79 Å². The molecule has 0 aliphatic carbocycles. The van der Waals surface area contributed by atoms with Crippen LogP contribution in [0.5, 0.6) is 0 Å². The molecular formula is C24H17Cl2N5OS. The fourth-order valence-electron chi connectivity index (χ4n) is 3.80. The van der Waals surface area contributed by atoms with E-state index in [1.165, 1.54) is 16.8 Å². The number of rotatable bonds is 3. The largest absolute Gasteiger partial charge is 0.318 e. The van der Waals surface area contributed by atoms with E-state index in [0.29, 0.717) is 20.3 Å². The molecule has 164 valence electrons. The third-order valence-corrected chi connectivity index (χ3v) is 7.10. The van der Waals surface area contributed by atoms with E-state index in [4.69, 9.17) is 28.6 Å². The lowest BCUT2D eigenvalue weighted by Crippen LogP contribution is -2.35. The van der Waals surface area contributed by atoms with E-state index in [-0.39, 0.29) is 11.4 Å². The number of hydrogen-bond donors (Lipinski definition) is 1. The SMILES string of the molecule is Cc1cc(/C=C2\C(=N)N3N=C(c4ccccc4)SC3=NC2=O)c(C)n1-c1ccc(Cl)c(Cl)c1. The second-order valence-corrected chi connectivity index (χ2v) is 9.32. The Morgan fingerprint density at radius 2 is 1.79 bits per heavy atom. The van der Waals surface area contributed by atoms with Crippen LogP contribution in [0.2, 0.25) is 10.0 Å². The molecule has 5 rings (SSSR count). The smallest absolute Gasteiger partial charge is 0.283 e. The Kier molecular flexibility index (Phi) is 5.48. The highest BCUT2D eigenvalue weighted by Crippen LogP contribution is 2.32. The van der Waals surface area contributed by atoms with Gasteiger partial charge in [-0.15, -0.1) is 0 Å². The van der Waals surface area contributed by atoms with Crippen molar-refractivity contribution >= 4 is 63.0 Å². The number of thioether (sulfide) groups is 1. The minimum Gasteiger partial charge on any atom is -0.318 e. The number of nitrogens with zero attached hydrogens (tertiary/aromatic N) is 4. The molecule has 2 aliphatic heterocycles. The molecule has 0 unspecified atom stereocenters. The average Bonchev–Trinajstić information content (AvgIpc) is 3.34. The number of amidine groups is 2. The third kappa shape index (κ3) is 3.82. The topological polar surface area (TPSA) is 73.8 Å². The van der Waals surface area contributed by atoms with Crippen LogP contribution >= 0.6 is 35.0 Å². The summed E-state index contributed by atoms with van der Waals surface area (Å²) in [7, 11) is 0. The Bertz CT molecular complexity index is 1420. The molecule has 0 saturated carbocycles. The van der Waals surface area contributed by atoms with Gasteiger partial charge in [0.2, 0.25) is 5.17 Å². The molecule has 0 saturated heterocycles. The molecule has 2 aromatic carbocycles. The Hall–Kier alpha value is -3.13. The monoisotopic (exact) mass is 493 g/mol. The van der Waals surface area contributed by atoms with Gasteiger partial charge in [-0.05, 0) is 61.5 Å². The Labute approximate surface area is 204 Å². The highest BCUT2D eigenvalue weighted by atomic mass is 35.5. The van der Waals surface area contributed by atoms with E-state index >= 15 is 0 Å². The summed E-state index contributed by atoms with van der Waals surface area (Å²) in [5.41, 5.74) is 4.63. The van der Waals surface area contributed by atoms with Crippen LogP contribution in [0, 0.1) is 19.3 Å². The van der Waals surface area contributed by atoms with Gasteiger partial charge in [-0.25, -0.2) is 0 Å². The van der Waals surface area contributed by atoms with Crippen molar-refractivity contribution in [3.05, 3.63) is 92.7 Å². The van der Waals surface area contributed by atoms with Gasteiger partial charge in [0.1, 0.15) is 5.04 Å². The molecule has 0 fully saturated rings. The number of amides is 1. The number of hydrazone groups is 1. The molecule has 1 N–H and O–H groups in total. The predicted molar refractivity (Wildman–Crippen MR) is 136 cm³/mol. The fourth-order valence-corrected chi connectivity index (χ4v) is 4.99. The molecule has 9 heteroatoms. The van der Waals surface area contributed by atoms with Crippen LogP contribution in [0.4, 0.5) is 0 Å². The molecule has 6 nitrogen and oxygen atoms in total. The Morgan fingerprint density at radius 1 is 1.03 bits per heavy atom. The molecule has 0 bridgehead atoms. The van der Waals surface area contributed by atoms with Gasteiger partial charge in [0.25, 0.3) is 5.91 Å².